The second-order valence-electron chi connectivity index (χ2n) is 13.8. The molecule has 1 fully saturated rings. The molecule has 0 radical (unpaired) electrons. The van der Waals surface area contributed by atoms with Crippen LogP contribution in [0.1, 0.15) is 52.2 Å². The van der Waals surface area contributed by atoms with Crippen molar-refractivity contribution in [3.05, 3.63) is 12.7 Å². The number of thioether (sulfide) groups is 1. The number of nitrogens with two attached hydrogens (primary N) is 1. The number of nitrogens with one attached hydrogen (secondary N) is 2. The molecule has 7 atom stereocenters. The maximum atomic E-state index is 12.6. The largest absolute Gasteiger partial charge is 0.481 e. The van der Waals surface area contributed by atoms with Gasteiger partial charge in [-0.2, -0.15) is 4.31 Å². The number of amides is 2. The molecule has 3 rings (SSSR count). The maximum Gasteiger partial charge on any atom is 0.481 e. The van der Waals surface area contributed by atoms with Crippen LogP contribution in [0.3, 0.4) is 0 Å². The molecule has 1 saturated heterocycles. The molecule has 2 unspecified atom stereocenters. The molecule has 1 aliphatic rings. The molecule has 0 aromatic carbocycles. The first-order valence-corrected chi connectivity index (χ1v) is 23.7. The number of nitrogen functional groups attached to an aromatic ring is 1. The molecule has 2 aromatic rings. The monoisotopic (exact) mass is 1010 g/mol. The van der Waals surface area contributed by atoms with Gasteiger partial charge in [0.25, 0.3) is 0 Å². The molecule has 2 amide bonds. The summed E-state index contributed by atoms with van der Waals surface area (Å²) >= 11 is 0.849. The third-order valence-corrected chi connectivity index (χ3v) is 12.1. The summed E-state index contributed by atoms with van der Waals surface area (Å²) in [6, 6.07) is 0. The summed E-state index contributed by atoms with van der Waals surface area (Å²) in [5, 5.41) is 50.3. The summed E-state index contributed by atoms with van der Waals surface area (Å²) in [7, 11) is -16.4. The third kappa shape index (κ3) is 20.0. The molecule has 2 aromatic heterocycles. The van der Waals surface area contributed by atoms with Crippen LogP contribution in [-0.4, -0.2) is 162 Å². The van der Waals surface area contributed by atoms with E-state index in [-0.39, 0.29) is 60.2 Å². The van der Waals surface area contributed by atoms with Gasteiger partial charge in [0.2, 0.25) is 17.6 Å². The van der Waals surface area contributed by atoms with E-state index in [0.717, 1.165) is 29.0 Å². The number of anilines is 1. The van der Waals surface area contributed by atoms with Crippen molar-refractivity contribution in [3.63, 3.8) is 0 Å². The number of ether oxygens (including phenoxy) is 1. The molecular formula is C30H46N7O24P3S. The number of fused-ring (bicyclic) bond motifs is 1. The van der Waals surface area contributed by atoms with E-state index in [1.54, 1.807) is 0 Å². The summed E-state index contributed by atoms with van der Waals surface area (Å²) in [4.78, 5) is 127. The van der Waals surface area contributed by atoms with Crippen LogP contribution >= 0.6 is 35.2 Å². The molecule has 0 bridgehead atoms. The minimum Gasteiger partial charge on any atom is -0.481 e. The van der Waals surface area contributed by atoms with E-state index in [0.29, 0.717) is 0 Å². The van der Waals surface area contributed by atoms with Gasteiger partial charge in [-0.3, -0.25) is 46.9 Å². The van der Waals surface area contributed by atoms with Crippen LogP contribution in [0.5, 0.6) is 0 Å². The summed E-state index contributed by atoms with van der Waals surface area (Å²) in [6.07, 6.45) is -8.42. The number of aliphatic hydroxyl groups is 2. The first-order chi connectivity index (χ1) is 29.9. The van der Waals surface area contributed by atoms with Crippen LogP contribution in [0.15, 0.2) is 12.7 Å². The second kappa shape index (κ2) is 25.0. The Balaban J connectivity index is 0.00000129. The number of carbonyl (C=O) groups excluding carboxylic acids is 4. The lowest BCUT2D eigenvalue weighted by Crippen LogP contribution is -2.46. The zero-order valence-electron chi connectivity index (χ0n) is 33.9. The van der Waals surface area contributed by atoms with Crippen LogP contribution in [0, 0.1) is 5.41 Å². The van der Waals surface area contributed by atoms with Gasteiger partial charge >= 0.3 is 41.4 Å². The number of phosphoric ester groups is 3. The van der Waals surface area contributed by atoms with Crippen LogP contribution in [0.2, 0.25) is 0 Å². The normalized spacial score (nSPS) is 19.8. The fourth-order valence-corrected chi connectivity index (χ4v) is 8.41. The van der Waals surface area contributed by atoms with Gasteiger partial charge in [-0.1, -0.05) is 25.6 Å². The van der Waals surface area contributed by atoms with E-state index in [9.17, 15) is 77.0 Å². The van der Waals surface area contributed by atoms with Gasteiger partial charge in [0, 0.05) is 43.5 Å². The Labute approximate surface area is 369 Å². The highest BCUT2D eigenvalue weighted by atomic mass is 32.2. The highest BCUT2D eigenvalue weighted by Crippen LogP contribution is 2.61. The first kappa shape index (κ1) is 56.8. The second-order valence-corrected chi connectivity index (χ2v) is 19.2. The summed E-state index contributed by atoms with van der Waals surface area (Å²) in [5.74, 6) is -6.33. The molecule has 65 heavy (non-hydrogen) atoms. The molecule has 366 valence electrons. The SMILES string of the molecule is CC(C)(COP(=O)(O)OP(=O)(O)OC[C@H]1O[C@@H](n2cnc3c(N)ncnc32)[C@H](O)[C@@H]1OP(=O)(O)O)[C@@H](O)C(=O)NCCC(=O)NCCSC(=O)CCC(=O)O.O=C(O)CCC(=O)C(=O)O. The maximum absolute atomic E-state index is 12.6. The average Bonchev–Trinajstić information content (AvgIpc) is 3.75. The Hall–Kier alpha value is -4.36. The molecule has 0 saturated carbocycles. The first-order valence-electron chi connectivity index (χ1n) is 18.2. The number of imidazole rings is 1. The number of Topliss-reactive ketones (excluding diaryl/α,β-unsaturated/α-hetero) is 1. The molecule has 3 heterocycles. The van der Waals surface area contributed by atoms with E-state index in [2.05, 4.69) is 34.4 Å². The van der Waals surface area contributed by atoms with E-state index < -0.39 is 121 Å². The number of aliphatic carboxylic acids is 3. The standard InChI is InChI=1S/C25H40N7O19P3S.C5H6O5/c1-25(2,20(38)23(39)28-6-5-14(33)27-7-8-55-16(36)4-3-15(34)35)10-48-54(45,46)51-53(43,44)47-9-13-19(50-52(40,41)42)18(37)24(49-13)32-12-31-17-21(26)29-11-30-22(17)32;6-3(5(9)10)1-2-4(7)8/h11-13,18-20,24,37-38H,3-10H2,1-2H3,(H,27,33)(H,28,39)(H,34,35)(H,43,44)(H,45,46)(H2,26,29,30)(H2,40,41,42);1-2H2,(H,7,8)(H,9,10)/t13-,18-,19-,20+,24-;/m1./s1. The van der Waals surface area contributed by atoms with Crippen molar-refractivity contribution < 1.29 is 115 Å². The molecule has 31 nitrogen and oxygen atoms in total. The minimum absolute atomic E-state index is 0.0197. The highest BCUT2D eigenvalue weighted by molar-refractivity contribution is 8.13. The van der Waals surface area contributed by atoms with E-state index in [1.165, 1.54) is 13.8 Å². The molecule has 1 aliphatic heterocycles. The van der Waals surface area contributed by atoms with Gasteiger partial charge in [-0.15, -0.1) is 0 Å². The Bertz CT molecular complexity index is 2190. The molecule has 13 N–H and O–H groups in total. The van der Waals surface area contributed by atoms with Gasteiger partial charge in [-0.05, 0) is 0 Å². The predicted molar refractivity (Wildman–Crippen MR) is 213 cm³/mol. The number of aliphatic hydroxyl groups excluding tert-OH is 2. The summed E-state index contributed by atoms with van der Waals surface area (Å²) in [5.41, 5.74) is 4.20. The van der Waals surface area contributed by atoms with Crippen molar-refractivity contribution in [2.24, 2.45) is 5.41 Å². The summed E-state index contributed by atoms with van der Waals surface area (Å²) in [6.45, 7) is 0.213. The average molecular weight is 1010 g/mol. The number of aromatic nitrogens is 4. The van der Waals surface area contributed by atoms with Gasteiger partial charge in [0.15, 0.2) is 22.8 Å². The van der Waals surface area contributed by atoms with Gasteiger partial charge in [-0.25, -0.2) is 33.4 Å². The van der Waals surface area contributed by atoms with Crippen LogP contribution in [0.4, 0.5) is 5.82 Å². The smallest absolute Gasteiger partial charge is 0.481 e. The molecule has 0 spiro atoms. The summed E-state index contributed by atoms with van der Waals surface area (Å²) < 4.78 is 61.9. The van der Waals surface area contributed by atoms with Crippen LogP contribution < -0.4 is 16.4 Å². The Morgan fingerprint density at radius 1 is 0.892 bits per heavy atom. The quantitative estimate of drug-likeness (QED) is 0.0276. The lowest BCUT2D eigenvalue weighted by molar-refractivity contribution is -0.149. The van der Waals surface area contributed by atoms with Crippen LogP contribution in [0.25, 0.3) is 11.2 Å². The van der Waals surface area contributed by atoms with Crippen molar-refractivity contribution in [1.82, 2.24) is 30.2 Å². The van der Waals surface area contributed by atoms with Gasteiger partial charge in [0.05, 0.1) is 32.4 Å². The van der Waals surface area contributed by atoms with Crippen molar-refractivity contribution in [2.45, 2.75) is 76.6 Å². The van der Waals surface area contributed by atoms with Gasteiger partial charge < -0.3 is 66.2 Å². The Kier molecular flexibility index (Phi) is 21.8. The fraction of sp³-hybridized carbons (Fsp3) is 0.600. The molecular weight excluding hydrogens is 967 g/mol. The highest BCUT2D eigenvalue weighted by Gasteiger charge is 2.50. The van der Waals surface area contributed by atoms with E-state index >= 15 is 0 Å². The zero-order chi connectivity index (χ0) is 49.5. The topological polar surface area (TPSA) is 493 Å². The lowest BCUT2D eigenvalue weighted by atomic mass is 9.87. The zero-order valence-corrected chi connectivity index (χ0v) is 37.4. The third-order valence-electron chi connectivity index (χ3n) is 8.11. The van der Waals surface area contributed by atoms with Crippen molar-refractivity contribution >= 4 is 92.8 Å². The van der Waals surface area contributed by atoms with E-state index in [4.69, 9.17) is 34.8 Å². The Morgan fingerprint density at radius 2 is 1.51 bits per heavy atom. The predicted octanol–water partition coefficient (Wildman–Crippen LogP) is -1.97. The number of hydrogen-bond acceptors (Lipinski definition) is 22. The number of carboxylic acids is 3. The fourth-order valence-electron chi connectivity index (χ4n) is 4.90. The minimum atomic E-state index is -5.59. The number of carbonyl (C=O) groups is 7. The lowest BCUT2D eigenvalue weighted by Gasteiger charge is -2.30. The Morgan fingerprint density at radius 3 is 2.11 bits per heavy atom. The number of ketones is 1. The number of rotatable bonds is 26. The van der Waals surface area contributed by atoms with Crippen LogP contribution in [-0.2, 0) is 69.9 Å². The molecule has 0 aliphatic carbocycles. The number of carboxylic acid groups (broad SMARTS) is 3. The molecule has 35 heteroatoms. The van der Waals surface area contributed by atoms with Crippen molar-refractivity contribution in [3.8, 4) is 0 Å². The number of phosphoric acid groups is 3. The number of nitrogens with zero attached hydrogens (tertiary/aromatic N) is 4. The van der Waals surface area contributed by atoms with Crippen molar-refractivity contribution in [2.75, 3.05) is 37.8 Å². The van der Waals surface area contributed by atoms with Crippen molar-refractivity contribution in [1.29, 1.82) is 0 Å². The van der Waals surface area contributed by atoms with Gasteiger partial charge in [0.1, 0.15) is 36.3 Å². The number of hydrogen-bond donors (Lipinski definition) is 12. The van der Waals surface area contributed by atoms with E-state index in [1.807, 2.05) is 0 Å².